The van der Waals surface area contributed by atoms with Crippen molar-refractivity contribution in [3.63, 3.8) is 0 Å². The molecule has 1 N–H and O–H groups in total. The van der Waals surface area contributed by atoms with Crippen molar-refractivity contribution in [2.75, 3.05) is 22.5 Å². The van der Waals surface area contributed by atoms with Crippen molar-refractivity contribution >= 4 is 27.3 Å². The molecule has 0 bridgehead atoms. The smallest absolute Gasteiger partial charge is 0.262 e. The van der Waals surface area contributed by atoms with Crippen LogP contribution in [-0.4, -0.2) is 27.2 Å². The maximum atomic E-state index is 12.9. The van der Waals surface area contributed by atoms with Crippen molar-refractivity contribution in [2.45, 2.75) is 6.54 Å². The monoisotopic (exact) mass is 428 g/mol. The summed E-state index contributed by atoms with van der Waals surface area (Å²) in [6.45, 7) is -0.0313. The van der Waals surface area contributed by atoms with Crippen LogP contribution in [0.3, 0.4) is 0 Å². The zero-order chi connectivity index (χ0) is 21.6. The van der Waals surface area contributed by atoms with Crippen LogP contribution in [0.1, 0.15) is 5.56 Å². The number of rotatable bonds is 8. The van der Waals surface area contributed by atoms with Crippen LogP contribution in [0.5, 0.6) is 5.75 Å². The van der Waals surface area contributed by atoms with Crippen LogP contribution in [0.2, 0.25) is 0 Å². The zero-order valence-corrected chi connectivity index (χ0v) is 17.1. The second kappa shape index (κ2) is 9.41. The molecule has 1 amide bonds. The average Bonchev–Trinajstić information content (AvgIpc) is 2.73. The number of amides is 1. The van der Waals surface area contributed by atoms with Crippen LogP contribution in [0.25, 0.3) is 0 Å². The molecule has 0 heterocycles. The van der Waals surface area contributed by atoms with Gasteiger partial charge in [0.15, 0.2) is 6.61 Å². The molecule has 6 nitrogen and oxygen atoms in total. The van der Waals surface area contributed by atoms with E-state index in [1.807, 2.05) is 30.3 Å². The summed E-state index contributed by atoms with van der Waals surface area (Å²) in [5.41, 5.74) is 1.82. The van der Waals surface area contributed by atoms with E-state index in [-0.39, 0.29) is 19.0 Å². The van der Waals surface area contributed by atoms with Crippen LogP contribution in [0.15, 0.2) is 78.9 Å². The number of nitrogens with one attached hydrogen (secondary N) is 1. The highest BCUT2D eigenvalue weighted by atomic mass is 32.2. The lowest BCUT2D eigenvalue weighted by Crippen LogP contribution is -2.29. The molecule has 0 radical (unpaired) electrons. The number of halogens is 1. The highest BCUT2D eigenvalue weighted by Gasteiger charge is 2.18. The molecule has 0 saturated carbocycles. The molecule has 0 fully saturated rings. The van der Waals surface area contributed by atoms with E-state index in [9.17, 15) is 17.6 Å². The van der Waals surface area contributed by atoms with Gasteiger partial charge in [-0.1, -0.05) is 30.3 Å². The van der Waals surface area contributed by atoms with Gasteiger partial charge in [0.1, 0.15) is 11.6 Å². The van der Waals surface area contributed by atoms with Gasteiger partial charge in [-0.2, -0.15) is 0 Å². The number of anilines is 2. The van der Waals surface area contributed by atoms with E-state index in [2.05, 4.69) is 5.32 Å². The molecule has 30 heavy (non-hydrogen) atoms. The Morgan fingerprint density at radius 2 is 1.60 bits per heavy atom. The highest BCUT2D eigenvalue weighted by molar-refractivity contribution is 7.92. The molecule has 0 aliphatic carbocycles. The minimum absolute atomic E-state index is 0.208. The maximum Gasteiger partial charge on any atom is 0.262 e. The van der Waals surface area contributed by atoms with Gasteiger partial charge in [0.2, 0.25) is 10.0 Å². The molecular formula is C22H21FN2O4S. The first-order valence-corrected chi connectivity index (χ1v) is 11.0. The number of sulfonamides is 1. The Morgan fingerprint density at radius 1 is 0.967 bits per heavy atom. The fourth-order valence-electron chi connectivity index (χ4n) is 2.74. The minimum atomic E-state index is -3.49. The largest absolute Gasteiger partial charge is 0.484 e. The second-order valence-electron chi connectivity index (χ2n) is 6.59. The molecule has 0 aliphatic rings. The summed E-state index contributed by atoms with van der Waals surface area (Å²) in [5.74, 6) is -0.367. The van der Waals surface area contributed by atoms with Crippen LogP contribution in [0.4, 0.5) is 15.8 Å². The Hall–Kier alpha value is -3.39. The Morgan fingerprint density at radius 3 is 2.20 bits per heavy atom. The van der Waals surface area contributed by atoms with Gasteiger partial charge < -0.3 is 10.1 Å². The van der Waals surface area contributed by atoms with E-state index in [0.29, 0.717) is 17.1 Å². The predicted molar refractivity (Wildman–Crippen MR) is 114 cm³/mol. The highest BCUT2D eigenvalue weighted by Crippen LogP contribution is 2.23. The Balaban J connectivity index is 1.62. The summed E-state index contributed by atoms with van der Waals surface area (Å²) < 4.78 is 44.1. The molecule has 0 spiro atoms. The first-order chi connectivity index (χ1) is 14.3. The summed E-state index contributed by atoms with van der Waals surface area (Å²) in [7, 11) is -3.49. The topological polar surface area (TPSA) is 75.7 Å². The number of carbonyl (C=O) groups is 1. The van der Waals surface area contributed by atoms with Crippen molar-refractivity contribution in [1.29, 1.82) is 0 Å². The standard InChI is InChI=1S/C22H21FN2O4S/c1-30(27,28)25(15-17-5-3-2-4-6-17)20-11-13-21(14-12-20)29-16-22(26)24-19-9-7-18(23)8-10-19/h2-14H,15-16H2,1H3,(H,24,26). The zero-order valence-electron chi connectivity index (χ0n) is 16.3. The van der Waals surface area contributed by atoms with Gasteiger partial charge >= 0.3 is 0 Å². The number of ether oxygens (including phenoxy) is 1. The van der Waals surface area contributed by atoms with E-state index in [1.54, 1.807) is 24.3 Å². The van der Waals surface area contributed by atoms with E-state index in [1.165, 1.54) is 28.6 Å². The summed E-state index contributed by atoms with van der Waals surface area (Å²) in [4.78, 5) is 12.0. The van der Waals surface area contributed by atoms with Crippen molar-refractivity contribution in [3.8, 4) is 5.75 Å². The van der Waals surface area contributed by atoms with E-state index >= 15 is 0 Å². The molecule has 8 heteroatoms. The van der Waals surface area contributed by atoms with Gasteiger partial charge in [0, 0.05) is 5.69 Å². The van der Waals surface area contributed by atoms with Crippen molar-refractivity contribution in [1.82, 2.24) is 0 Å². The van der Waals surface area contributed by atoms with Crippen LogP contribution in [0, 0.1) is 5.82 Å². The molecule has 3 aromatic carbocycles. The van der Waals surface area contributed by atoms with Gasteiger partial charge in [-0.15, -0.1) is 0 Å². The molecule has 3 aromatic rings. The first kappa shape index (κ1) is 21.3. The fourth-order valence-corrected chi connectivity index (χ4v) is 3.63. The lowest BCUT2D eigenvalue weighted by atomic mass is 10.2. The van der Waals surface area contributed by atoms with E-state index in [0.717, 1.165) is 11.8 Å². The second-order valence-corrected chi connectivity index (χ2v) is 8.50. The van der Waals surface area contributed by atoms with Crippen molar-refractivity contribution in [3.05, 3.63) is 90.2 Å². The molecule has 0 aromatic heterocycles. The third-order valence-corrected chi connectivity index (χ3v) is 5.33. The molecular weight excluding hydrogens is 407 g/mol. The molecule has 0 aliphatic heterocycles. The molecule has 3 rings (SSSR count). The summed E-state index contributed by atoms with van der Waals surface area (Å²) in [6.07, 6.45) is 1.15. The number of nitrogens with zero attached hydrogens (tertiary/aromatic N) is 1. The summed E-state index contributed by atoms with van der Waals surface area (Å²) >= 11 is 0. The Bertz CT molecular complexity index is 1090. The third kappa shape index (κ3) is 6.05. The van der Waals surface area contributed by atoms with E-state index < -0.39 is 15.9 Å². The normalized spacial score (nSPS) is 11.0. The van der Waals surface area contributed by atoms with Gasteiger partial charge in [-0.3, -0.25) is 9.10 Å². The fraction of sp³-hybridized carbons (Fsp3) is 0.136. The molecule has 156 valence electrons. The molecule has 0 saturated heterocycles. The third-order valence-electron chi connectivity index (χ3n) is 4.19. The van der Waals surface area contributed by atoms with Crippen molar-refractivity contribution < 1.29 is 22.3 Å². The Labute approximate surface area is 175 Å². The molecule has 0 unspecified atom stereocenters. The number of carbonyl (C=O) groups excluding carboxylic acids is 1. The van der Waals surface area contributed by atoms with Gasteiger partial charge in [-0.25, -0.2) is 12.8 Å². The minimum Gasteiger partial charge on any atom is -0.484 e. The number of hydrogen-bond donors (Lipinski definition) is 1. The van der Waals surface area contributed by atoms with Crippen molar-refractivity contribution in [2.24, 2.45) is 0 Å². The van der Waals surface area contributed by atoms with Gasteiger partial charge in [0.25, 0.3) is 5.91 Å². The van der Waals surface area contributed by atoms with Gasteiger partial charge in [-0.05, 0) is 54.1 Å². The lowest BCUT2D eigenvalue weighted by molar-refractivity contribution is -0.118. The SMILES string of the molecule is CS(=O)(=O)N(Cc1ccccc1)c1ccc(OCC(=O)Nc2ccc(F)cc2)cc1. The number of benzene rings is 3. The average molecular weight is 428 g/mol. The van der Waals surface area contributed by atoms with E-state index in [4.69, 9.17) is 4.74 Å². The number of hydrogen-bond acceptors (Lipinski definition) is 4. The van der Waals surface area contributed by atoms with Gasteiger partial charge in [0.05, 0.1) is 18.5 Å². The van der Waals surface area contributed by atoms with Crippen LogP contribution in [-0.2, 0) is 21.4 Å². The first-order valence-electron chi connectivity index (χ1n) is 9.11. The Kier molecular flexibility index (Phi) is 6.68. The van der Waals surface area contributed by atoms with Crippen LogP contribution >= 0.6 is 0 Å². The van der Waals surface area contributed by atoms with Crippen LogP contribution < -0.4 is 14.4 Å². The summed E-state index contributed by atoms with van der Waals surface area (Å²) in [5, 5.41) is 2.60. The lowest BCUT2D eigenvalue weighted by Gasteiger charge is -2.22. The maximum absolute atomic E-state index is 12.9. The quantitative estimate of drug-likeness (QED) is 0.592. The molecule has 0 atom stereocenters. The predicted octanol–water partition coefficient (Wildman–Crippen LogP) is 3.81. The summed E-state index contributed by atoms with van der Waals surface area (Å²) in [6, 6.07) is 21.1.